The fourth-order valence-corrected chi connectivity index (χ4v) is 3.23. The van der Waals surface area contributed by atoms with Gasteiger partial charge in [-0.1, -0.05) is 0 Å². The Kier molecular flexibility index (Phi) is 3.14. The number of fused-ring (bicyclic) bond motifs is 2. The van der Waals surface area contributed by atoms with Crippen molar-refractivity contribution in [3.05, 3.63) is 16.9 Å². The highest BCUT2D eigenvalue weighted by molar-refractivity contribution is 5.54. The molecule has 21 heavy (non-hydrogen) atoms. The molecular weight excluding hydrogens is 268 g/mol. The molecule has 0 saturated carbocycles. The smallest absolute Gasteiger partial charge is 0.254 e. The molecule has 7 nitrogen and oxygen atoms in total. The standard InChI is InChI=1S/C14H20N6O/c21-9-3-6-16-13-18-14-17-11-5-2-1-4-10(11)12-15-7-8-19(13)20(12)14/h15,21H,1-9H2. The van der Waals surface area contributed by atoms with Crippen molar-refractivity contribution < 1.29 is 5.11 Å². The maximum absolute atomic E-state index is 8.89. The fourth-order valence-electron chi connectivity index (χ4n) is 3.23. The number of aliphatic hydroxyl groups excluding tert-OH is 1. The van der Waals surface area contributed by atoms with Crippen LogP contribution >= 0.6 is 0 Å². The van der Waals surface area contributed by atoms with Gasteiger partial charge in [0, 0.05) is 25.3 Å². The van der Waals surface area contributed by atoms with Crippen molar-refractivity contribution in [3.63, 3.8) is 0 Å². The molecule has 112 valence electrons. The number of nitrogens with zero attached hydrogens (tertiary/aromatic N) is 5. The van der Waals surface area contributed by atoms with Gasteiger partial charge in [-0.15, -0.1) is 0 Å². The van der Waals surface area contributed by atoms with Crippen LogP contribution in [0.2, 0.25) is 0 Å². The third-order valence-electron chi connectivity index (χ3n) is 4.22. The molecular formula is C14H20N6O. The second-order valence-corrected chi connectivity index (χ2v) is 5.63. The Bertz CT molecular complexity index is 744. The fraction of sp³-hybridized carbons (Fsp3) is 0.643. The number of nitrogens with one attached hydrogen (secondary N) is 1. The van der Waals surface area contributed by atoms with E-state index in [4.69, 9.17) is 10.1 Å². The van der Waals surface area contributed by atoms with Crippen molar-refractivity contribution in [2.75, 3.05) is 25.0 Å². The minimum absolute atomic E-state index is 0.163. The topological polar surface area (TPSA) is 79.7 Å². The first-order chi connectivity index (χ1) is 10.4. The first-order valence-corrected chi connectivity index (χ1v) is 7.75. The summed E-state index contributed by atoms with van der Waals surface area (Å²) in [5.74, 6) is 1.89. The quantitative estimate of drug-likeness (QED) is 0.786. The van der Waals surface area contributed by atoms with Gasteiger partial charge >= 0.3 is 0 Å². The Morgan fingerprint density at radius 3 is 3.05 bits per heavy atom. The summed E-state index contributed by atoms with van der Waals surface area (Å²) in [5, 5.41) is 12.4. The number of hydrogen-bond donors (Lipinski definition) is 2. The molecule has 4 rings (SSSR count). The molecule has 2 N–H and O–H groups in total. The van der Waals surface area contributed by atoms with Gasteiger partial charge < -0.3 is 10.4 Å². The third-order valence-corrected chi connectivity index (χ3v) is 4.22. The van der Waals surface area contributed by atoms with E-state index in [2.05, 4.69) is 24.5 Å². The van der Waals surface area contributed by atoms with Crippen LogP contribution in [0, 0.1) is 0 Å². The molecule has 7 heteroatoms. The van der Waals surface area contributed by atoms with E-state index in [9.17, 15) is 0 Å². The lowest BCUT2D eigenvalue weighted by molar-refractivity contribution is 0.290. The van der Waals surface area contributed by atoms with E-state index >= 15 is 0 Å². The molecule has 1 aliphatic heterocycles. The third kappa shape index (κ3) is 2.03. The van der Waals surface area contributed by atoms with Crippen LogP contribution in [0.1, 0.15) is 30.5 Å². The van der Waals surface area contributed by atoms with Crippen LogP contribution in [0.3, 0.4) is 0 Å². The van der Waals surface area contributed by atoms with E-state index in [1.807, 2.05) is 0 Å². The molecule has 0 fully saturated rings. The van der Waals surface area contributed by atoms with E-state index in [0.29, 0.717) is 13.0 Å². The second-order valence-electron chi connectivity index (χ2n) is 5.63. The molecule has 3 heterocycles. The number of aliphatic hydroxyl groups is 1. The lowest BCUT2D eigenvalue weighted by Crippen LogP contribution is -2.32. The van der Waals surface area contributed by atoms with Gasteiger partial charge in [-0.05, 0) is 32.1 Å². The average Bonchev–Trinajstić information content (AvgIpc) is 2.87. The van der Waals surface area contributed by atoms with Crippen molar-refractivity contribution in [2.45, 2.75) is 38.6 Å². The molecule has 0 aromatic carbocycles. The minimum atomic E-state index is 0.163. The predicted molar refractivity (Wildman–Crippen MR) is 78.2 cm³/mol. The monoisotopic (exact) mass is 288 g/mol. The highest BCUT2D eigenvalue weighted by Crippen LogP contribution is 2.28. The summed E-state index contributed by atoms with van der Waals surface area (Å²) in [7, 11) is 0. The molecule has 2 aromatic rings. The van der Waals surface area contributed by atoms with Gasteiger partial charge in [0.1, 0.15) is 5.82 Å². The van der Waals surface area contributed by atoms with Crippen LogP contribution in [0.15, 0.2) is 4.99 Å². The molecule has 0 saturated heterocycles. The number of aryl methyl sites for hydroxylation is 1. The van der Waals surface area contributed by atoms with Crippen LogP contribution in [-0.2, 0) is 19.4 Å². The molecule has 0 amide bonds. The highest BCUT2D eigenvalue weighted by atomic mass is 16.3. The van der Waals surface area contributed by atoms with Crippen LogP contribution in [-0.4, -0.2) is 44.0 Å². The summed E-state index contributed by atoms with van der Waals surface area (Å²) in [4.78, 5) is 13.8. The largest absolute Gasteiger partial charge is 0.396 e. The molecule has 0 spiro atoms. The van der Waals surface area contributed by atoms with Crippen LogP contribution in [0.5, 0.6) is 0 Å². The van der Waals surface area contributed by atoms with E-state index in [0.717, 1.165) is 43.1 Å². The molecule has 0 atom stereocenters. The normalized spacial score (nSPS) is 17.9. The number of rotatable bonds is 3. The summed E-state index contributed by atoms with van der Waals surface area (Å²) in [6.45, 7) is 2.50. The zero-order chi connectivity index (χ0) is 14.2. The Labute approximate surface area is 122 Å². The minimum Gasteiger partial charge on any atom is -0.396 e. The molecule has 1 aliphatic carbocycles. The lowest BCUT2D eigenvalue weighted by atomic mass is 9.96. The first-order valence-electron chi connectivity index (χ1n) is 7.75. The Morgan fingerprint density at radius 1 is 1.24 bits per heavy atom. The Balaban J connectivity index is 1.93. The number of hydrogen-bond acceptors (Lipinski definition) is 5. The van der Waals surface area contributed by atoms with Gasteiger partial charge in [0.25, 0.3) is 5.78 Å². The molecule has 2 aromatic heterocycles. The van der Waals surface area contributed by atoms with Gasteiger partial charge in [-0.3, -0.25) is 0 Å². The predicted octanol–water partition coefficient (Wildman–Crippen LogP) is 0.118. The van der Waals surface area contributed by atoms with E-state index in [-0.39, 0.29) is 6.61 Å². The zero-order valence-corrected chi connectivity index (χ0v) is 12.0. The van der Waals surface area contributed by atoms with Crippen molar-refractivity contribution in [1.29, 1.82) is 0 Å². The Hall–Kier alpha value is -1.89. The molecule has 2 aliphatic rings. The summed E-state index contributed by atoms with van der Waals surface area (Å²) < 4.78 is 4.17. The maximum atomic E-state index is 8.89. The average molecular weight is 288 g/mol. The second kappa shape index (κ2) is 5.14. The first kappa shape index (κ1) is 12.8. The number of aromatic nitrogens is 4. The van der Waals surface area contributed by atoms with Crippen LogP contribution in [0.25, 0.3) is 5.78 Å². The lowest BCUT2D eigenvalue weighted by Gasteiger charge is -2.24. The van der Waals surface area contributed by atoms with Crippen molar-refractivity contribution in [2.24, 2.45) is 4.99 Å². The van der Waals surface area contributed by atoms with Gasteiger partial charge in [0.05, 0.1) is 12.2 Å². The van der Waals surface area contributed by atoms with Crippen molar-refractivity contribution >= 4 is 11.6 Å². The summed E-state index contributed by atoms with van der Waals surface area (Å²) >= 11 is 0. The molecule has 0 radical (unpaired) electrons. The van der Waals surface area contributed by atoms with Crippen molar-refractivity contribution in [1.82, 2.24) is 19.2 Å². The maximum Gasteiger partial charge on any atom is 0.254 e. The Morgan fingerprint density at radius 2 is 2.14 bits per heavy atom. The van der Waals surface area contributed by atoms with Gasteiger partial charge in [0.15, 0.2) is 0 Å². The highest BCUT2D eigenvalue weighted by Gasteiger charge is 2.23. The summed E-state index contributed by atoms with van der Waals surface area (Å²) in [6, 6.07) is 0. The zero-order valence-electron chi connectivity index (χ0n) is 12.0. The van der Waals surface area contributed by atoms with E-state index in [1.54, 1.807) is 0 Å². The summed E-state index contributed by atoms with van der Waals surface area (Å²) in [6.07, 6.45) is 5.25. The van der Waals surface area contributed by atoms with E-state index < -0.39 is 0 Å². The molecule has 0 unspecified atom stereocenters. The van der Waals surface area contributed by atoms with Crippen molar-refractivity contribution in [3.8, 4) is 0 Å². The molecule has 0 bridgehead atoms. The van der Waals surface area contributed by atoms with Crippen LogP contribution in [0.4, 0.5) is 5.82 Å². The summed E-state index contributed by atoms with van der Waals surface area (Å²) in [5.41, 5.74) is 3.26. The SMILES string of the molecule is OCCCN=c1nc2nc3c(c4n2n1CCN4)CCCC3. The number of anilines is 1. The van der Waals surface area contributed by atoms with Gasteiger partial charge in [-0.2, -0.15) is 9.50 Å². The van der Waals surface area contributed by atoms with Gasteiger partial charge in [-0.25, -0.2) is 14.7 Å². The van der Waals surface area contributed by atoms with Gasteiger partial charge in [0.2, 0.25) is 5.62 Å². The van der Waals surface area contributed by atoms with Crippen LogP contribution < -0.4 is 10.9 Å². The van der Waals surface area contributed by atoms with E-state index in [1.165, 1.54) is 24.1 Å².